The van der Waals surface area contributed by atoms with Crippen LogP contribution in [0, 0.1) is 5.92 Å². The van der Waals surface area contributed by atoms with Gasteiger partial charge in [-0.2, -0.15) is 0 Å². The highest BCUT2D eigenvalue weighted by molar-refractivity contribution is 5.79. The summed E-state index contributed by atoms with van der Waals surface area (Å²) in [5.41, 5.74) is 1.44. The van der Waals surface area contributed by atoms with Crippen molar-refractivity contribution >= 4 is 11.9 Å². The van der Waals surface area contributed by atoms with Gasteiger partial charge in [0.05, 0.1) is 13.2 Å². The van der Waals surface area contributed by atoms with Crippen LogP contribution in [0.3, 0.4) is 0 Å². The molecule has 0 heterocycles. The van der Waals surface area contributed by atoms with Gasteiger partial charge in [0.15, 0.2) is 0 Å². The number of carbonyl (C=O) groups excluding carboxylic acids is 2. The van der Waals surface area contributed by atoms with Gasteiger partial charge in [0, 0.05) is 12.8 Å². The molecule has 0 aromatic rings. The molecule has 16 heavy (non-hydrogen) atoms. The Bertz CT molecular complexity index is 253. The van der Waals surface area contributed by atoms with Crippen molar-refractivity contribution < 1.29 is 19.1 Å². The van der Waals surface area contributed by atoms with Gasteiger partial charge in [0.2, 0.25) is 0 Å². The molecule has 0 aliphatic carbocycles. The standard InChI is InChI=1S/C10H20N2O4/c1-7(5-15-8(2)13)6-16-9(14)10(3,4)12-11/h7,12H,5-6,11H2,1-4H3. The fraction of sp³-hybridized carbons (Fsp3) is 0.800. The lowest BCUT2D eigenvalue weighted by Crippen LogP contribution is -2.51. The predicted molar refractivity (Wildman–Crippen MR) is 58.2 cm³/mol. The molecule has 6 heteroatoms. The summed E-state index contributed by atoms with van der Waals surface area (Å²) >= 11 is 0. The molecule has 0 spiro atoms. The minimum Gasteiger partial charge on any atom is -0.465 e. The van der Waals surface area contributed by atoms with Crippen molar-refractivity contribution in [2.24, 2.45) is 11.8 Å². The van der Waals surface area contributed by atoms with Crippen LogP contribution in [-0.4, -0.2) is 30.7 Å². The Balaban J connectivity index is 3.88. The van der Waals surface area contributed by atoms with Gasteiger partial charge in [-0.3, -0.25) is 15.4 Å². The smallest absolute Gasteiger partial charge is 0.327 e. The van der Waals surface area contributed by atoms with Crippen LogP contribution < -0.4 is 11.3 Å². The van der Waals surface area contributed by atoms with E-state index in [0.29, 0.717) is 0 Å². The van der Waals surface area contributed by atoms with E-state index >= 15 is 0 Å². The van der Waals surface area contributed by atoms with Crippen molar-refractivity contribution in [2.45, 2.75) is 33.2 Å². The molecular formula is C10H20N2O4. The molecule has 0 rings (SSSR count). The first-order chi connectivity index (χ1) is 7.29. The van der Waals surface area contributed by atoms with E-state index in [2.05, 4.69) is 5.43 Å². The van der Waals surface area contributed by atoms with Gasteiger partial charge in [0.25, 0.3) is 0 Å². The maximum absolute atomic E-state index is 11.5. The summed E-state index contributed by atoms with van der Waals surface area (Å²) in [4.78, 5) is 22.0. The minimum atomic E-state index is -0.916. The minimum absolute atomic E-state index is 0.0403. The van der Waals surface area contributed by atoms with E-state index in [1.54, 1.807) is 13.8 Å². The maximum Gasteiger partial charge on any atom is 0.327 e. The first-order valence-electron chi connectivity index (χ1n) is 5.08. The van der Waals surface area contributed by atoms with Crippen molar-refractivity contribution in [1.29, 1.82) is 0 Å². The fourth-order valence-corrected chi connectivity index (χ4v) is 0.765. The van der Waals surface area contributed by atoms with Gasteiger partial charge in [-0.15, -0.1) is 0 Å². The SMILES string of the molecule is CC(=O)OCC(C)COC(=O)C(C)(C)NN. The molecule has 0 radical (unpaired) electrons. The van der Waals surface area contributed by atoms with Gasteiger partial charge < -0.3 is 9.47 Å². The number of nitrogens with one attached hydrogen (secondary N) is 1. The third-order valence-corrected chi connectivity index (χ3v) is 1.94. The molecule has 0 fully saturated rings. The van der Waals surface area contributed by atoms with Crippen LogP contribution in [0.1, 0.15) is 27.7 Å². The van der Waals surface area contributed by atoms with E-state index in [-0.39, 0.29) is 25.1 Å². The molecule has 0 aliphatic rings. The normalized spacial score (nSPS) is 13.1. The lowest BCUT2D eigenvalue weighted by atomic mass is 10.1. The van der Waals surface area contributed by atoms with E-state index in [4.69, 9.17) is 15.3 Å². The molecule has 0 saturated heterocycles. The van der Waals surface area contributed by atoms with E-state index in [1.165, 1.54) is 6.92 Å². The second-order valence-corrected chi connectivity index (χ2v) is 4.28. The third-order valence-electron chi connectivity index (χ3n) is 1.94. The van der Waals surface area contributed by atoms with Crippen LogP contribution in [0.25, 0.3) is 0 Å². The van der Waals surface area contributed by atoms with Gasteiger partial charge in [0.1, 0.15) is 5.54 Å². The molecular weight excluding hydrogens is 212 g/mol. The van der Waals surface area contributed by atoms with Gasteiger partial charge in [-0.05, 0) is 13.8 Å². The molecule has 6 nitrogen and oxygen atoms in total. The summed E-state index contributed by atoms with van der Waals surface area (Å²) < 4.78 is 9.80. The summed E-state index contributed by atoms with van der Waals surface area (Å²) in [7, 11) is 0. The highest BCUT2D eigenvalue weighted by Gasteiger charge is 2.27. The number of carbonyl (C=O) groups is 2. The lowest BCUT2D eigenvalue weighted by molar-refractivity contribution is -0.153. The molecule has 0 saturated carbocycles. The molecule has 0 aliphatic heterocycles. The molecule has 0 bridgehead atoms. The number of rotatable bonds is 6. The molecule has 94 valence electrons. The quantitative estimate of drug-likeness (QED) is 0.380. The lowest BCUT2D eigenvalue weighted by Gasteiger charge is -2.22. The zero-order chi connectivity index (χ0) is 12.8. The van der Waals surface area contributed by atoms with Crippen LogP contribution in [0.4, 0.5) is 0 Å². The van der Waals surface area contributed by atoms with E-state index < -0.39 is 11.5 Å². The number of hydrogen-bond acceptors (Lipinski definition) is 6. The Hall–Kier alpha value is -1.14. The van der Waals surface area contributed by atoms with Gasteiger partial charge in [-0.25, -0.2) is 5.43 Å². The zero-order valence-corrected chi connectivity index (χ0v) is 10.2. The van der Waals surface area contributed by atoms with E-state index in [0.717, 1.165) is 0 Å². The highest BCUT2D eigenvalue weighted by atomic mass is 16.5. The van der Waals surface area contributed by atoms with Crippen molar-refractivity contribution in [3.63, 3.8) is 0 Å². The molecule has 1 atom stereocenters. The van der Waals surface area contributed by atoms with Gasteiger partial charge in [-0.1, -0.05) is 6.92 Å². The molecule has 3 N–H and O–H groups in total. The Labute approximate surface area is 95.4 Å². The zero-order valence-electron chi connectivity index (χ0n) is 10.2. The first-order valence-corrected chi connectivity index (χ1v) is 5.08. The summed E-state index contributed by atoms with van der Waals surface area (Å²) in [6.07, 6.45) is 0. The average molecular weight is 232 g/mol. The fourth-order valence-electron chi connectivity index (χ4n) is 0.765. The van der Waals surface area contributed by atoms with Crippen LogP contribution in [0.15, 0.2) is 0 Å². The van der Waals surface area contributed by atoms with Crippen molar-refractivity contribution in [3.05, 3.63) is 0 Å². The topological polar surface area (TPSA) is 90.6 Å². The summed E-state index contributed by atoms with van der Waals surface area (Å²) in [5.74, 6) is 4.37. The summed E-state index contributed by atoms with van der Waals surface area (Å²) in [6.45, 7) is 6.81. The number of hydrazine groups is 1. The van der Waals surface area contributed by atoms with Crippen LogP contribution >= 0.6 is 0 Å². The number of nitrogens with two attached hydrogens (primary N) is 1. The Morgan fingerprint density at radius 3 is 2.25 bits per heavy atom. The third kappa shape index (κ3) is 5.67. The molecule has 0 amide bonds. The number of esters is 2. The first kappa shape index (κ1) is 14.9. The number of ether oxygens (including phenoxy) is 2. The van der Waals surface area contributed by atoms with Crippen LogP contribution in [-0.2, 0) is 19.1 Å². The van der Waals surface area contributed by atoms with E-state index in [9.17, 15) is 9.59 Å². The van der Waals surface area contributed by atoms with Crippen LogP contribution in [0.5, 0.6) is 0 Å². The van der Waals surface area contributed by atoms with Crippen molar-refractivity contribution in [2.75, 3.05) is 13.2 Å². The Morgan fingerprint density at radius 1 is 1.31 bits per heavy atom. The molecule has 1 unspecified atom stereocenters. The van der Waals surface area contributed by atoms with E-state index in [1.807, 2.05) is 6.92 Å². The second-order valence-electron chi connectivity index (χ2n) is 4.28. The van der Waals surface area contributed by atoms with Crippen LogP contribution in [0.2, 0.25) is 0 Å². The summed E-state index contributed by atoms with van der Waals surface area (Å²) in [6, 6.07) is 0. The Kier molecular flexibility index (Phi) is 5.98. The average Bonchev–Trinajstić information content (AvgIpc) is 2.22. The maximum atomic E-state index is 11.5. The highest BCUT2D eigenvalue weighted by Crippen LogP contribution is 2.05. The predicted octanol–water partition coefficient (Wildman–Crippen LogP) is -0.0293. The number of hydrogen-bond donors (Lipinski definition) is 2. The van der Waals surface area contributed by atoms with Crippen molar-refractivity contribution in [3.8, 4) is 0 Å². The monoisotopic (exact) mass is 232 g/mol. The summed E-state index contributed by atoms with van der Waals surface area (Å²) in [5, 5.41) is 0. The molecule has 0 aromatic heterocycles. The second kappa shape index (κ2) is 6.44. The largest absolute Gasteiger partial charge is 0.465 e. The van der Waals surface area contributed by atoms with Gasteiger partial charge >= 0.3 is 11.9 Å². The van der Waals surface area contributed by atoms with Crippen molar-refractivity contribution in [1.82, 2.24) is 5.43 Å². The molecule has 0 aromatic carbocycles. The Morgan fingerprint density at radius 2 is 1.81 bits per heavy atom.